The highest BCUT2D eigenvalue weighted by molar-refractivity contribution is 6.46. The lowest BCUT2D eigenvalue weighted by molar-refractivity contribution is -0.140. The summed E-state index contributed by atoms with van der Waals surface area (Å²) in [5, 5.41) is 11.8. The average Bonchev–Trinajstić information content (AvgIpc) is 3.09. The van der Waals surface area contributed by atoms with Crippen LogP contribution in [0.15, 0.2) is 72.6 Å². The summed E-state index contributed by atoms with van der Waals surface area (Å²) < 4.78 is 5.84. The fourth-order valence-electron chi connectivity index (χ4n) is 4.09. The topological polar surface area (TPSA) is 79.7 Å². The molecular weight excluding hydrogens is 464 g/mol. The van der Waals surface area contributed by atoms with E-state index in [1.54, 1.807) is 67.0 Å². The van der Waals surface area contributed by atoms with E-state index in [0.717, 1.165) is 11.1 Å². The van der Waals surface area contributed by atoms with Crippen molar-refractivity contribution in [3.05, 3.63) is 99.8 Å². The number of aryl methyl sites for hydroxylation is 1. The summed E-state index contributed by atoms with van der Waals surface area (Å²) in [5.74, 6) is -0.536. The van der Waals surface area contributed by atoms with Crippen LogP contribution in [0.3, 0.4) is 0 Å². The Hall–Kier alpha value is -3.64. The lowest BCUT2D eigenvalue weighted by Crippen LogP contribution is -2.29. The smallest absolute Gasteiger partial charge is 0.295 e. The minimum Gasteiger partial charge on any atom is -0.507 e. The number of rotatable bonds is 7. The first-order valence-corrected chi connectivity index (χ1v) is 11.8. The van der Waals surface area contributed by atoms with Crippen LogP contribution in [0.1, 0.15) is 42.1 Å². The number of nitrogens with zero attached hydrogens (tertiary/aromatic N) is 2. The number of likely N-dealkylation sites (tertiary alicyclic amines) is 1. The summed E-state index contributed by atoms with van der Waals surface area (Å²) in [5.41, 5.74) is 2.81. The first-order chi connectivity index (χ1) is 16.8. The molecule has 4 rings (SSSR count). The van der Waals surface area contributed by atoms with Crippen LogP contribution in [0.2, 0.25) is 5.02 Å². The molecule has 3 aromatic rings. The van der Waals surface area contributed by atoms with Gasteiger partial charge in [-0.2, -0.15) is 0 Å². The molecule has 1 atom stereocenters. The Morgan fingerprint density at radius 3 is 2.40 bits per heavy atom. The number of ether oxygens (including phenoxy) is 1. The van der Waals surface area contributed by atoms with Crippen molar-refractivity contribution < 1.29 is 19.4 Å². The number of amides is 1. The van der Waals surface area contributed by atoms with E-state index in [9.17, 15) is 14.7 Å². The minimum atomic E-state index is -0.766. The van der Waals surface area contributed by atoms with E-state index in [0.29, 0.717) is 34.4 Å². The Morgan fingerprint density at radius 1 is 1.09 bits per heavy atom. The Bertz CT molecular complexity index is 1270. The van der Waals surface area contributed by atoms with Gasteiger partial charge in [-0.1, -0.05) is 37.6 Å². The molecule has 1 aliphatic heterocycles. The summed E-state index contributed by atoms with van der Waals surface area (Å²) in [7, 11) is 0. The molecule has 1 aromatic heterocycles. The summed E-state index contributed by atoms with van der Waals surface area (Å²) in [6.07, 6.45) is 3.27. The van der Waals surface area contributed by atoms with Gasteiger partial charge in [-0.25, -0.2) is 0 Å². The Balaban J connectivity index is 1.78. The molecule has 0 saturated carbocycles. The number of aliphatic hydroxyl groups is 1. The maximum absolute atomic E-state index is 13.2. The third kappa shape index (κ3) is 5.23. The number of aromatic nitrogens is 1. The zero-order valence-electron chi connectivity index (χ0n) is 19.9. The Morgan fingerprint density at radius 2 is 1.77 bits per heavy atom. The Labute approximate surface area is 209 Å². The van der Waals surface area contributed by atoms with Gasteiger partial charge < -0.3 is 14.7 Å². The number of ketones is 1. The van der Waals surface area contributed by atoms with Crippen molar-refractivity contribution in [1.82, 2.24) is 9.88 Å². The van der Waals surface area contributed by atoms with Crippen LogP contribution in [0.4, 0.5) is 0 Å². The Kier molecular flexibility index (Phi) is 7.22. The third-order valence-electron chi connectivity index (χ3n) is 5.85. The van der Waals surface area contributed by atoms with Crippen LogP contribution in [0.25, 0.3) is 5.76 Å². The van der Waals surface area contributed by atoms with E-state index in [4.69, 9.17) is 16.3 Å². The van der Waals surface area contributed by atoms with Crippen molar-refractivity contribution in [1.29, 1.82) is 0 Å². The fraction of sp³-hybridized carbons (Fsp3) is 0.250. The second-order valence-electron chi connectivity index (χ2n) is 9.02. The van der Waals surface area contributed by atoms with E-state index in [2.05, 4.69) is 18.8 Å². The van der Waals surface area contributed by atoms with E-state index in [-0.39, 0.29) is 17.9 Å². The van der Waals surface area contributed by atoms with Gasteiger partial charge in [0.05, 0.1) is 18.2 Å². The predicted octanol–water partition coefficient (Wildman–Crippen LogP) is 5.70. The highest BCUT2D eigenvalue weighted by Gasteiger charge is 2.46. The number of carbonyl (C=O) groups is 2. The number of pyridine rings is 1. The van der Waals surface area contributed by atoms with Crippen LogP contribution in [-0.2, 0) is 16.1 Å². The third-order valence-corrected chi connectivity index (χ3v) is 6.10. The second-order valence-corrected chi connectivity index (χ2v) is 9.46. The molecule has 0 aliphatic carbocycles. The predicted molar refractivity (Wildman–Crippen MR) is 135 cm³/mol. The average molecular weight is 491 g/mol. The standard InChI is InChI=1S/C28H27ClN2O4/c1-17(2)16-35-23-9-6-21(14-18(23)3)26(32)24-25(20-4-7-22(29)8-5-20)31(28(34)27(24)33)15-19-10-12-30-13-11-19/h4-14,17,25,32H,15-16H2,1-3H3/b26-24-. The summed E-state index contributed by atoms with van der Waals surface area (Å²) >= 11 is 6.09. The maximum Gasteiger partial charge on any atom is 0.295 e. The van der Waals surface area contributed by atoms with E-state index >= 15 is 0 Å². The van der Waals surface area contributed by atoms with Gasteiger partial charge in [-0.05, 0) is 72.0 Å². The van der Waals surface area contributed by atoms with Gasteiger partial charge in [0, 0.05) is 29.5 Å². The molecule has 1 N–H and O–H groups in total. The highest BCUT2D eigenvalue weighted by atomic mass is 35.5. The summed E-state index contributed by atoms with van der Waals surface area (Å²) in [6, 6.07) is 15.0. The number of halogens is 1. The zero-order chi connectivity index (χ0) is 25.1. The molecule has 0 radical (unpaired) electrons. The lowest BCUT2D eigenvalue weighted by atomic mass is 9.94. The maximum atomic E-state index is 13.2. The van der Waals surface area contributed by atoms with Gasteiger partial charge in [0.2, 0.25) is 0 Å². The molecule has 0 bridgehead atoms. The molecule has 1 saturated heterocycles. The van der Waals surface area contributed by atoms with E-state index in [1.807, 2.05) is 6.92 Å². The first kappa shape index (κ1) is 24.5. The normalized spacial score (nSPS) is 17.3. The molecule has 0 spiro atoms. The molecule has 1 amide bonds. The molecule has 1 unspecified atom stereocenters. The summed E-state index contributed by atoms with van der Waals surface area (Å²) in [6.45, 7) is 6.78. The van der Waals surface area contributed by atoms with Crippen molar-refractivity contribution in [3.8, 4) is 5.75 Å². The number of hydrogen-bond donors (Lipinski definition) is 1. The largest absolute Gasteiger partial charge is 0.507 e. The van der Waals surface area contributed by atoms with Gasteiger partial charge in [0.1, 0.15) is 11.5 Å². The van der Waals surface area contributed by atoms with Crippen molar-refractivity contribution in [2.24, 2.45) is 5.92 Å². The quantitative estimate of drug-likeness (QED) is 0.261. The van der Waals surface area contributed by atoms with Crippen molar-refractivity contribution in [2.75, 3.05) is 6.61 Å². The molecular formula is C28H27ClN2O4. The molecule has 1 aliphatic rings. The van der Waals surface area contributed by atoms with Gasteiger partial charge in [-0.3, -0.25) is 14.6 Å². The van der Waals surface area contributed by atoms with Gasteiger partial charge in [-0.15, -0.1) is 0 Å². The molecule has 35 heavy (non-hydrogen) atoms. The first-order valence-electron chi connectivity index (χ1n) is 11.4. The molecule has 1 fully saturated rings. The zero-order valence-corrected chi connectivity index (χ0v) is 20.6. The van der Waals surface area contributed by atoms with Crippen molar-refractivity contribution in [2.45, 2.75) is 33.4 Å². The lowest BCUT2D eigenvalue weighted by Gasteiger charge is -2.25. The SMILES string of the molecule is Cc1cc(/C(O)=C2/C(=O)C(=O)N(Cc3ccncc3)C2c2ccc(Cl)cc2)ccc1OCC(C)C. The van der Waals surface area contributed by atoms with Crippen LogP contribution in [-0.4, -0.2) is 33.3 Å². The number of hydrogen-bond acceptors (Lipinski definition) is 5. The summed E-state index contributed by atoms with van der Waals surface area (Å²) in [4.78, 5) is 31.9. The van der Waals surface area contributed by atoms with Crippen LogP contribution < -0.4 is 4.74 Å². The molecule has 2 heterocycles. The highest BCUT2D eigenvalue weighted by Crippen LogP contribution is 2.41. The monoisotopic (exact) mass is 490 g/mol. The van der Waals surface area contributed by atoms with Gasteiger partial charge in [0.25, 0.3) is 11.7 Å². The molecule has 7 heteroatoms. The molecule has 180 valence electrons. The van der Waals surface area contributed by atoms with Crippen LogP contribution >= 0.6 is 11.6 Å². The number of benzene rings is 2. The molecule has 2 aromatic carbocycles. The van der Waals surface area contributed by atoms with E-state index in [1.165, 1.54) is 4.90 Å². The second kappa shape index (κ2) is 10.3. The number of aliphatic hydroxyl groups excluding tert-OH is 1. The fourth-order valence-corrected chi connectivity index (χ4v) is 4.22. The van der Waals surface area contributed by atoms with Crippen LogP contribution in [0, 0.1) is 12.8 Å². The van der Waals surface area contributed by atoms with Gasteiger partial charge in [0.15, 0.2) is 0 Å². The van der Waals surface area contributed by atoms with E-state index < -0.39 is 17.7 Å². The number of Topliss-reactive ketones (excluding diaryl/α,β-unsaturated/α-hetero) is 1. The molecule has 6 nitrogen and oxygen atoms in total. The van der Waals surface area contributed by atoms with Gasteiger partial charge >= 0.3 is 0 Å². The number of carbonyl (C=O) groups excluding carboxylic acids is 2. The van der Waals surface area contributed by atoms with Crippen molar-refractivity contribution >= 4 is 29.1 Å². The van der Waals surface area contributed by atoms with Crippen molar-refractivity contribution in [3.63, 3.8) is 0 Å². The van der Waals surface area contributed by atoms with Crippen LogP contribution in [0.5, 0.6) is 5.75 Å². The minimum absolute atomic E-state index is 0.0432.